The molecular formula is C14H30N2O. The lowest BCUT2D eigenvalue weighted by Crippen LogP contribution is -2.40. The molecule has 0 radical (unpaired) electrons. The molecule has 0 bridgehead atoms. The molecule has 17 heavy (non-hydrogen) atoms. The normalized spacial score (nSPS) is 10.9. The van der Waals surface area contributed by atoms with E-state index in [1.165, 1.54) is 32.1 Å². The number of hydrogen-bond donors (Lipinski definition) is 1. The van der Waals surface area contributed by atoms with Gasteiger partial charge in [0.15, 0.2) is 0 Å². The van der Waals surface area contributed by atoms with E-state index in [2.05, 4.69) is 20.8 Å². The average Bonchev–Trinajstić information content (AvgIpc) is 2.29. The summed E-state index contributed by atoms with van der Waals surface area (Å²) >= 11 is 0. The Labute approximate surface area is 107 Å². The lowest BCUT2D eigenvalue weighted by molar-refractivity contribution is -0.132. The molecule has 0 fully saturated rings. The van der Waals surface area contributed by atoms with Crippen LogP contribution < -0.4 is 5.73 Å². The Morgan fingerprint density at radius 1 is 1.12 bits per heavy atom. The van der Waals surface area contributed by atoms with Gasteiger partial charge in [-0.15, -0.1) is 0 Å². The second-order valence-corrected chi connectivity index (χ2v) is 4.99. The summed E-state index contributed by atoms with van der Waals surface area (Å²) in [5.74, 6) is 0.265. The van der Waals surface area contributed by atoms with Crippen LogP contribution in [0.1, 0.15) is 65.7 Å². The maximum absolute atomic E-state index is 11.9. The van der Waals surface area contributed by atoms with E-state index in [0.29, 0.717) is 19.5 Å². The van der Waals surface area contributed by atoms with Gasteiger partial charge in [0.05, 0.1) is 0 Å². The van der Waals surface area contributed by atoms with Crippen molar-refractivity contribution < 1.29 is 4.79 Å². The van der Waals surface area contributed by atoms with E-state index in [4.69, 9.17) is 5.73 Å². The molecule has 0 saturated carbocycles. The molecule has 1 amide bonds. The molecule has 0 atom stereocenters. The van der Waals surface area contributed by atoms with E-state index in [0.717, 1.165) is 6.42 Å². The quantitative estimate of drug-likeness (QED) is 0.599. The molecule has 0 aliphatic heterocycles. The van der Waals surface area contributed by atoms with Crippen molar-refractivity contribution in [2.24, 2.45) is 5.73 Å². The molecule has 3 heteroatoms. The third-order valence-electron chi connectivity index (χ3n) is 3.06. The summed E-state index contributed by atoms with van der Waals surface area (Å²) in [6, 6.07) is 0.270. The lowest BCUT2D eigenvalue weighted by atomic mass is 10.1. The van der Waals surface area contributed by atoms with Crippen LogP contribution in [0.4, 0.5) is 0 Å². The second-order valence-electron chi connectivity index (χ2n) is 4.99. The maximum Gasteiger partial charge on any atom is 0.222 e. The Kier molecular flexibility index (Phi) is 10.2. The number of carbonyl (C=O) groups excluding carboxylic acids is 1. The van der Waals surface area contributed by atoms with Crippen LogP contribution in [-0.2, 0) is 4.79 Å². The second kappa shape index (κ2) is 10.6. The van der Waals surface area contributed by atoms with Gasteiger partial charge in [0, 0.05) is 25.6 Å². The Hall–Kier alpha value is -0.570. The molecule has 102 valence electrons. The summed E-state index contributed by atoms with van der Waals surface area (Å²) < 4.78 is 0. The van der Waals surface area contributed by atoms with Crippen LogP contribution in [0.15, 0.2) is 0 Å². The van der Waals surface area contributed by atoms with E-state index >= 15 is 0 Å². The first-order valence-electron chi connectivity index (χ1n) is 7.13. The smallest absolute Gasteiger partial charge is 0.222 e. The minimum atomic E-state index is 0.265. The van der Waals surface area contributed by atoms with Gasteiger partial charge in [-0.25, -0.2) is 0 Å². The highest BCUT2D eigenvalue weighted by Gasteiger charge is 2.14. The molecular weight excluding hydrogens is 212 g/mol. The number of amides is 1. The van der Waals surface area contributed by atoms with Gasteiger partial charge in [-0.2, -0.15) is 0 Å². The van der Waals surface area contributed by atoms with Crippen LogP contribution in [0.25, 0.3) is 0 Å². The highest BCUT2D eigenvalue weighted by molar-refractivity contribution is 5.76. The Morgan fingerprint density at radius 3 is 2.24 bits per heavy atom. The molecule has 0 saturated heterocycles. The lowest BCUT2D eigenvalue weighted by Gasteiger charge is -2.26. The number of unbranched alkanes of at least 4 members (excludes halogenated alkanes) is 5. The summed E-state index contributed by atoms with van der Waals surface area (Å²) in [4.78, 5) is 13.8. The van der Waals surface area contributed by atoms with E-state index < -0.39 is 0 Å². The van der Waals surface area contributed by atoms with Crippen LogP contribution in [0, 0.1) is 0 Å². The standard InChI is InChI=1S/C14H30N2O/c1-4-5-6-7-8-9-10-14(17)16(12-11-15)13(2)3/h13H,4-12,15H2,1-3H3. The van der Waals surface area contributed by atoms with Crippen molar-refractivity contribution in [3.63, 3.8) is 0 Å². The first kappa shape index (κ1) is 16.4. The largest absolute Gasteiger partial charge is 0.339 e. The molecule has 0 aromatic rings. The van der Waals surface area contributed by atoms with Crippen LogP contribution in [-0.4, -0.2) is 29.9 Å². The zero-order chi connectivity index (χ0) is 13.1. The van der Waals surface area contributed by atoms with Gasteiger partial charge >= 0.3 is 0 Å². The van der Waals surface area contributed by atoms with Gasteiger partial charge in [0.25, 0.3) is 0 Å². The fraction of sp³-hybridized carbons (Fsp3) is 0.929. The zero-order valence-corrected chi connectivity index (χ0v) is 11.9. The third-order valence-corrected chi connectivity index (χ3v) is 3.06. The van der Waals surface area contributed by atoms with E-state index in [1.807, 2.05) is 4.90 Å². The predicted octanol–water partition coefficient (Wildman–Crippen LogP) is 2.93. The molecule has 0 aromatic heterocycles. The van der Waals surface area contributed by atoms with Crippen molar-refractivity contribution in [2.75, 3.05) is 13.1 Å². The van der Waals surface area contributed by atoms with Crippen LogP contribution in [0.2, 0.25) is 0 Å². The molecule has 0 unspecified atom stereocenters. The predicted molar refractivity (Wildman–Crippen MR) is 73.9 cm³/mol. The molecule has 0 heterocycles. The molecule has 2 N–H and O–H groups in total. The average molecular weight is 242 g/mol. The number of carbonyl (C=O) groups is 1. The topological polar surface area (TPSA) is 46.3 Å². The van der Waals surface area contributed by atoms with E-state index in [-0.39, 0.29) is 11.9 Å². The molecule has 0 spiro atoms. The van der Waals surface area contributed by atoms with Crippen LogP contribution in [0.3, 0.4) is 0 Å². The summed E-state index contributed by atoms with van der Waals surface area (Å²) in [7, 11) is 0. The first-order chi connectivity index (χ1) is 8.13. The SMILES string of the molecule is CCCCCCCCC(=O)N(CCN)C(C)C. The van der Waals surface area contributed by atoms with E-state index in [9.17, 15) is 4.79 Å². The Morgan fingerprint density at radius 2 is 1.71 bits per heavy atom. The molecule has 0 aliphatic rings. The van der Waals surface area contributed by atoms with Crippen molar-refractivity contribution in [1.82, 2.24) is 4.90 Å². The van der Waals surface area contributed by atoms with Gasteiger partial charge in [-0.1, -0.05) is 39.0 Å². The van der Waals surface area contributed by atoms with Crippen molar-refractivity contribution in [3.8, 4) is 0 Å². The van der Waals surface area contributed by atoms with Gasteiger partial charge in [0.2, 0.25) is 5.91 Å². The molecule has 0 aromatic carbocycles. The Balaban J connectivity index is 3.67. The van der Waals surface area contributed by atoms with Gasteiger partial charge < -0.3 is 10.6 Å². The molecule has 0 aliphatic carbocycles. The monoisotopic (exact) mass is 242 g/mol. The van der Waals surface area contributed by atoms with Crippen molar-refractivity contribution >= 4 is 5.91 Å². The number of rotatable bonds is 10. The fourth-order valence-electron chi connectivity index (χ4n) is 2.01. The first-order valence-corrected chi connectivity index (χ1v) is 7.13. The summed E-state index contributed by atoms with van der Waals surface area (Å²) in [6.07, 6.45) is 8.05. The van der Waals surface area contributed by atoms with Gasteiger partial charge in [-0.05, 0) is 20.3 Å². The van der Waals surface area contributed by atoms with Crippen molar-refractivity contribution in [1.29, 1.82) is 0 Å². The van der Waals surface area contributed by atoms with Crippen LogP contribution in [0.5, 0.6) is 0 Å². The third kappa shape index (κ3) is 8.19. The highest BCUT2D eigenvalue weighted by atomic mass is 16.2. The minimum absolute atomic E-state index is 0.265. The summed E-state index contributed by atoms with van der Waals surface area (Å²) in [5.41, 5.74) is 5.52. The van der Waals surface area contributed by atoms with E-state index in [1.54, 1.807) is 0 Å². The molecule has 3 nitrogen and oxygen atoms in total. The number of nitrogens with zero attached hydrogens (tertiary/aromatic N) is 1. The Bertz CT molecular complexity index is 193. The zero-order valence-electron chi connectivity index (χ0n) is 11.9. The summed E-state index contributed by atoms with van der Waals surface area (Å²) in [5, 5.41) is 0. The fourth-order valence-corrected chi connectivity index (χ4v) is 2.01. The van der Waals surface area contributed by atoms with Gasteiger partial charge in [0.1, 0.15) is 0 Å². The number of nitrogens with two attached hydrogens (primary N) is 1. The van der Waals surface area contributed by atoms with Gasteiger partial charge in [-0.3, -0.25) is 4.79 Å². The minimum Gasteiger partial charge on any atom is -0.339 e. The molecule has 0 rings (SSSR count). The van der Waals surface area contributed by atoms with Crippen molar-refractivity contribution in [2.45, 2.75) is 71.8 Å². The van der Waals surface area contributed by atoms with Crippen LogP contribution >= 0.6 is 0 Å². The maximum atomic E-state index is 11.9. The highest BCUT2D eigenvalue weighted by Crippen LogP contribution is 2.09. The van der Waals surface area contributed by atoms with Crippen molar-refractivity contribution in [3.05, 3.63) is 0 Å². The summed E-state index contributed by atoms with van der Waals surface area (Å²) in [6.45, 7) is 7.56. The number of hydrogen-bond acceptors (Lipinski definition) is 2.